The molecule has 0 aromatic heterocycles. The fraction of sp³-hybridized carbons (Fsp3) is 0.0833. The van der Waals surface area contributed by atoms with Crippen molar-refractivity contribution >= 4 is 10.8 Å². The smallest absolute Gasteiger partial charge is 0.118 e. The second kappa shape index (κ2) is 6.45. The number of methoxy groups -OCH3 is 1. The van der Waals surface area contributed by atoms with Crippen LogP contribution in [0.25, 0.3) is 33.0 Å². The van der Waals surface area contributed by atoms with Crippen LogP contribution in [-0.2, 0) is 0 Å². The second-order valence-corrected chi connectivity index (χ2v) is 6.26. The van der Waals surface area contributed by atoms with Gasteiger partial charge in [0.05, 0.1) is 7.11 Å². The molecule has 0 fully saturated rings. The molecule has 0 N–H and O–H groups in total. The van der Waals surface area contributed by atoms with Crippen molar-refractivity contribution in [2.24, 2.45) is 0 Å². The van der Waals surface area contributed by atoms with Gasteiger partial charge in [-0.15, -0.1) is 0 Å². The summed E-state index contributed by atoms with van der Waals surface area (Å²) in [6.07, 6.45) is 0. The third kappa shape index (κ3) is 2.78. The van der Waals surface area contributed by atoms with Gasteiger partial charge in [0.1, 0.15) is 5.75 Å². The zero-order valence-electron chi connectivity index (χ0n) is 14.5. The Morgan fingerprint density at radius 3 is 1.96 bits per heavy atom. The number of benzene rings is 4. The van der Waals surface area contributed by atoms with Crippen LogP contribution in [0.15, 0.2) is 84.9 Å². The molecule has 0 saturated heterocycles. The van der Waals surface area contributed by atoms with Crippen molar-refractivity contribution in [1.82, 2.24) is 0 Å². The average Bonchev–Trinajstić information content (AvgIpc) is 2.68. The molecule has 0 aliphatic heterocycles. The van der Waals surface area contributed by atoms with E-state index in [1.807, 2.05) is 12.1 Å². The molecule has 122 valence electrons. The number of rotatable bonds is 3. The molecular formula is C24H20O. The van der Waals surface area contributed by atoms with Gasteiger partial charge in [-0.1, -0.05) is 72.8 Å². The summed E-state index contributed by atoms with van der Waals surface area (Å²) >= 11 is 0. The predicted molar refractivity (Wildman–Crippen MR) is 106 cm³/mol. The Balaban J connectivity index is 1.99. The molecule has 1 nitrogen and oxygen atoms in total. The summed E-state index contributed by atoms with van der Waals surface area (Å²) in [5.41, 5.74) is 6.32. The van der Waals surface area contributed by atoms with Crippen molar-refractivity contribution in [3.63, 3.8) is 0 Å². The number of hydrogen-bond donors (Lipinski definition) is 0. The quantitative estimate of drug-likeness (QED) is 0.418. The number of hydrogen-bond acceptors (Lipinski definition) is 1. The van der Waals surface area contributed by atoms with Gasteiger partial charge in [0.2, 0.25) is 0 Å². The minimum absolute atomic E-state index is 0.881. The summed E-state index contributed by atoms with van der Waals surface area (Å²) in [6.45, 7) is 2.19. The SMILES string of the molecule is COc1ccc(-c2c(C)cc(-c3ccccc3)c3ccccc23)cc1. The van der Waals surface area contributed by atoms with Crippen LogP contribution in [0.1, 0.15) is 5.56 Å². The normalized spacial score (nSPS) is 10.8. The van der Waals surface area contributed by atoms with E-state index in [2.05, 4.69) is 79.7 Å². The van der Waals surface area contributed by atoms with Gasteiger partial charge in [-0.3, -0.25) is 0 Å². The highest BCUT2D eigenvalue weighted by molar-refractivity contribution is 6.06. The maximum absolute atomic E-state index is 5.30. The van der Waals surface area contributed by atoms with Crippen LogP contribution >= 0.6 is 0 Å². The van der Waals surface area contributed by atoms with E-state index in [-0.39, 0.29) is 0 Å². The fourth-order valence-corrected chi connectivity index (χ4v) is 3.51. The lowest BCUT2D eigenvalue weighted by atomic mass is 9.88. The van der Waals surface area contributed by atoms with Crippen LogP contribution < -0.4 is 4.74 Å². The van der Waals surface area contributed by atoms with E-state index < -0.39 is 0 Å². The topological polar surface area (TPSA) is 9.23 Å². The maximum Gasteiger partial charge on any atom is 0.118 e. The Kier molecular flexibility index (Phi) is 3.99. The van der Waals surface area contributed by atoms with E-state index in [4.69, 9.17) is 4.74 Å². The van der Waals surface area contributed by atoms with E-state index in [0.717, 1.165) is 5.75 Å². The zero-order valence-corrected chi connectivity index (χ0v) is 14.5. The highest BCUT2D eigenvalue weighted by Gasteiger charge is 2.12. The molecule has 1 heteroatoms. The van der Waals surface area contributed by atoms with Crippen LogP contribution in [0.4, 0.5) is 0 Å². The van der Waals surface area contributed by atoms with Crippen molar-refractivity contribution < 1.29 is 4.74 Å². The Bertz CT molecular complexity index is 1020. The first-order chi connectivity index (χ1) is 12.3. The van der Waals surface area contributed by atoms with Gasteiger partial charge in [-0.25, -0.2) is 0 Å². The molecule has 0 amide bonds. The first kappa shape index (κ1) is 15.5. The average molecular weight is 324 g/mol. The molecule has 0 aliphatic carbocycles. The third-order valence-electron chi connectivity index (χ3n) is 4.71. The Hall–Kier alpha value is -3.06. The van der Waals surface area contributed by atoms with Gasteiger partial charge in [0.25, 0.3) is 0 Å². The van der Waals surface area contributed by atoms with Crippen molar-refractivity contribution in [2.75, 3.05) is 7.11 Å². The third-order valence-corrected chi connectivity index (χ3v) is 4.71. The van der Waals surface area contributed by atoms with Crippen molar-refractivity contribution in [1.29, 1.82) is 0 Å². The van der Waals surface area contributed by atoms with Crippen LogP contribution in [0.5, 0.6) is 5.75 Å². The Labute approximate surface area is 148 Å². The Morgan fingerprint density at radius 1 is 0.640 bits per heavy atom. The van der Waals surface area contributed by atoms with E-state index in [1.165, 1.54) is 38.6 Å². The van der Waals surface area contributed by atoms with E-state index >= 15 is 0 Å². The van der Waals surface area contributed by atoms with E-state index in [1.54, 1.807) is 7.11 Å². The summed E-state index contributed by atoms with van der Waals surface area (Å²) in [5, 5.41) is 2.57. The van der Waals surface area contributed by atoms with Crippen molar-refractivity contribution in [2.45, 2.75) is 6.92 Å². The van der Waals surface area contributed by atoms with Crippen LogP contribution in [-0.4, -0.2) is 7.11 Å². The highest BCUT2D eigenvalue weighted by Crippen LogP contribution is 2.38. The van der Waals surface area contributed by atoms with Crippen molar-refractivity contribution in [3.8, 4) is 28.0 Å². The fourth-order valence-electron chi connectivity index (χ4n) is 3.51. The van der Waals surface area contributed by atoms with E-state index in [9.17, 15) is 0 Å². The molecule has 0 unspecified atom stereocenters. The van der Waals surface area contributed by atoms with Gasteiger partial charge in [0, 0.05) is 0 Å². The van der Waals surface area contributed by atoms with Crippen LogP contribution in [0.2, 0.25) is 0 Å². The maximum atomic E-state index is 5.30. The molecule has 0 heterocycles. The standard InChI is InChI=1S/C24H20O/c1-17-16-23(18-8-4-3-5-9-18)21-10-6-7-11-22(21)24(17)19-12-14-20(25-2)15-13-19/h3-16H,1-2H3. The summed E-state index contributed by atoms with van der Waals surface area (Å²) in [5.74, 6) is 0.881. The molecule has 25 heavy (non-hydrogen) atoms. The summed E-state index contributed by atoms with van der Waals surface area (Å²) in [7, 11) is 1.70. The summed E-state index contributed by atoms with van der Waals surface area (Å²) < 4.78 is 5.30. The van der Waals surface area contributed by atoms with Crippen LogP contribution in [0, 0.1) is 6.92 Å². The zero-order chi connectivity index (χ0) is 17.2. The monoisotopic (exact) mass is 324 g/mol. The number of fused-ring (bicyclic) bond motifs is 1. The van der Waals surface area contributed by atoms with Gasteiger partial charge in [-0.05, 0) is 57.6 Å². The molecule has 4 aromatic rings. The van der Waals surface area contributed by atoms with E-state index in [0.29, 0.717) is 0 Å². The van der Waals surface area contributed by atoms with Gasteiger partial charge < -0.3 is 4.74 Å². The predicted octanol–water partition coefficient (Wildman–Crippen LogP) is 6.49. The Morgan fingerprint density at radius 2 is 1.28 bits per heavy atom. The molecule has 0 radical (unpaired) electrons. The second-order valence-electron chi connectivity index (χ2n) is 6.26. The molecule has 0 aliphatic rings. The first-order valence-corrected chi connectivity index (χ1v) is 8.50. The summed E-state index contributed by atoms with van der Waals surface area (Å²) in [6, 6.07) is 29.9. The lowest BCUT2D eigenvalue weighted by Gasteiger charge is -2.15. The molecule has 0 saturated carbocycles. The largest absolute Gasteiger partial charge is 0.497 e. The van der Waals surface area contributed by atoms with Gasteiger partial charge in [-0.2, -0.15) is 0 Å². The molecular weight excluding hydrogens is 304 g/mol. The minimum atomic E-state index is 0.881. The van der Waals surface area contributed by atoms with Crippen LogP contribution in [0.3, 0.4) is 0 Å². The lowest BCUT2D eigenvalue weighted by molar-refractivity contribution is 0.415. The van der Waals surface area contributed by atoms with Gasteiger partial charge >= 0.3 is 0 Å². The highest BCUT2D eigenvalue weighted by atomic mass is 16.5. The van der Waals surface area contributed by atoms with Crippen molar-refractivity contribution in [3.05, 3.63) is 90.5 Å². The van der Waals surface area contributed by atoms with Gasteiger partial charge in [0.15, 0.2) is 0 Å². The number of aryl methyl sites for hydroxylation is 1. The molecule has 0 spiro atoms. The molecule has 0 bridgehead atoms. The lowest BCUT2D eigenvalue weighted by Crippen LogP contribution is -1.91. The number of ether oxygens (including phenoxy) is 1. The molecule has 4 aromatic carbocycles. The molecule has 4 rings (SSSR count). The minimum Gasteiger partial charge on any atom is -0.497 e. The summed E-state index contributed by atoms with van der Waals surface area (Å²) in [4.78, 5) is 0. The first-order valence-electron chi connectivity index (χ1n) is 8.50. The molecule has 0 atom stereocenters.